The summed E-state index contributed by atoms with van der Waals surface area (Å²) in [5, 5.41) is 9.22. The number of rotatable bonds is 2. The third-order valence-electron chi connectivity index (χ3n) is 4.23. The van der Waals surface area contributed by atoms with Gasteiger partial charge in [0.15, 0.2) is 6.10 Å². The van der Waals surface area contributed by atoms with Crippen LogP contribution in [0.5, 0.6) is 0 Å². The Morgan fingerprint density at radius 2 is 1.81 bits per heavy atom. The molecule has 3 rings (SSSR count). The second-order valence-electron chi connectivity index (χ2n) is 6.00. The molecule has 0 aliphatic heterocycles. The highest BCUT2D eigenvalue weighted by Gasteiger charge is 2.43. The van der Waals surface area contributed by atoms with Crippen molar-refractivity contribution in [2.45, 2.75) is 31.9 Å². The van der Waals surface area contributed by atoms with Crippen molar-refractivity contribution in [2.24, 2.45) is 0 Å². The summed E-state index contributed by atoms with van der Waals surface area (Å²) in [5.74, 6) is 0. The molecule has 2 N–H and O–H groups in total. The molecule has 1 unspecified atom stereocenters. The number of alkyl halides is 6. The molecule has 0 fully saturated rings. The van der Waals surface area contributed by atoms with Crippen LogP contribution in [0.2, 0.25) is 5.02 Å². The molecule has 4 nitrogen and oxygen atoms in total. The van der Waals surface area contributed by atoms with Gasteiger partial charge in [0, 0.05) is 22.4 Å². The molecular formula is C16H11ClF6N2O2. The highest BCUT2D eigenvalue weighted by molar-refractivity contribution is 6.37. The van der Waals surface area contributed by atoms with Crippen LogP contribution in [0.1, 0.15) is 11.3 Å². The normalized spacial score (nSPS) is 14.3. The van der Waals surface area contributed by atoms with Gasteiger partial charge in [-0.2, -0.15) is 26.3 Å². The maximum Gasteiger partial charge on any atom is 0.431 e. The first-order valence-electron chi connectivity index (χ1n) is 7.48. The van der Waals surface area contributed by atoms with E-state index in [2.05, 4.69) is 4.98 Å². The predicted molar refractivity (Wildman–Crippen MR) is 86.9 cm³/mol. The van der Waals surface area contributed by atoms with Crippen LogP contribution >= 0.6 is 11.6 Å². The van der Waals surface area contributed by atoms with Crippen molar-refractivity contribution in [3.05, 3.63) is 44.8 Å². The van der Waals surface area contributed by atoms with Crippen LogP contribution in [0.15, 0.2) is 23.0 Å². The third-order valence-corrected chi connectivity index (χ3v) is 4.53. The first kappa shape index (κ1) is 19.6. The fourth-order valence-electron chi connectivity index (χ4n) is 3.18. The van der Waals surface area contributed by atoms with Crippen LogP contribution in [0.3, 0.4) is 0 Å². The van der Waals surface area contributed by atoms with E-state index in [0.29, 0.717) is 4.57 Å². The van der Waals surface area contributed by atoms with Crippen LogP contribution in [-0.4, -0.2) is 26.9 Å². The Balaban J connectivity index is 2.44. The highest BCUT2D eigenvalue weighted by Crippen LogP contribution is 2.42. The number of H-pyrrole nitrogens is 1. The number of aryl methyl sites for hydroxylation is 1. The van der Waals surface area contributed by atoms with Crippen molar-refractivity contribution in [1.82, 2.24) is 9.55 Å². The lowest BCUT2D eigenvalue weighted by molar-refractivity contribution is -0.208. The Labute approximate surface area is 152 Å². The Bertz CT molecular complexity index is 1100. The number of fused-ring (bicyclic) bond motifs is 3. The molecule has 0 aliphatic carbocycles. The van der Waals surface area contributed by atoms with Crippen molar-refractivity contribution in [3.8, 4) is 0 Å². The van der Waals surface area contributed by atoms with Gasteiger partial charge in [-0.25, -0.2) is 0 Å². The van der Waals surface area contributed by atoms with Gasteiger partial charge in [0.05, 0.1) is 17.1 Å². The first-order chi connectivity index (χ1) is 12.3. The Morgan fingerprint density at radius 1 is 1.19 bits per heavy atom. The molecule has 2 aromatic heterocycles. The monoisotopic (exact) mass is 412 g/mol. The smallest absolute Gasteiger partial charge is 0.382 e. The minimum absolute atomic E-state index is 0.0459. The van der Waals surface area contributed by atoms with Gasteiger partial charge in [0.2, 0.25) is 5.56 Å². The molecule has 0 bridgehead atoms. The summed E-state index contributed by atoms with van der Waals surface area (Å²) >= 11 is 6.03. The van der Waals surface area contributed by atoms with Crippen LogP contribution in [0.25, 0.3) is 21.8 Å². The Hall–Kier alpha value is -2.20. The number of aromatic amines is 1. The van der Waals surface area contributed by atoms with Gasteiger partial charge in [-0.3, -0.25) is 4.79 Å². The number of aliphatic hydroxyl groups is 1. The molecule has 146 valence electrons. The molecule has 0 radical (unpaired) electrons. The molecular weight excluding hydrogens is 402 g/mol. The number of hydrogen-bond acceptors (Lipinski definition) is 2. The van der Waals surface area contributed by atoms with E-state index in [9.17, 15) is 36.2 Å². The number of nitrogens with zero attached hydrogens (tertiary/aromatic N) is 1. The Kier molecular flexibility index (Phi) is 4.47. The summed E-state index contributed by atoms with van der Waals surface area (Å²) in [6.07, 6.45) is -13.1. The largest absolute Gasteiger partial charge is 0.431 e. The molecule has 2 heterocycles. The summed E-state index contributed by atoms with van der Waals surface area (Å²) in [5.41, 5.74) is -2.30. The van der Waals surface area contributed by atoms with E-state index >= 15 is 0 Å². The van der Waals surface area contributed by atoms with E-state index in [0.717, 1.165) is 19.1 Å². The lowest BCUT2D eigenvalue weighted by Gasteiger charge is -2.19. The molecule has 0 saturated heterocycles. The fraction of sp³-hybridized carbons (Fsp3) is 0.312. The van der Waals surface area contributed by atoms with Crippen LogP contribution in [-0.2, 0) is 12.7 Å². The van der Waals surface area contributed by atoms with Gasteiger partial charge in [0.1, 0.15) is 5.69 Å². The molecule has 0 spiro atoms. The summed E-state index contributed by atoms with van der Waals surface area (Å²) in [7, 11) is 0. The van der Waals surface area contributed by atoms with E-state index in [4.69, 9.17) is 11.6 Å². The maximum atomic E-state index is 13.6. The summed E-state index contributed by atoms with van der Waals surface area (Å²) < 4.78 is 79.3. The zero-order valence-electron chi connectivity index (χ0n) is 13.5. The van der Waals surface area contributed by atoms with E-state index in [1.165, 1.54) is 6.07 Å². The van der Waals surface area contributed by atoms with Gasteiger partial charge in [-0.1, -0.05) is 11.6 Å². The summed E-state index contributed by atoms with van der Waals surface area (Å²) in [4.78, 5) is 14.0. The molecule has 0 amide bonds. The van der Waals surface area contributed by atoms with Crippen LogP contribution in [0, 0.1) is 6.92 Å². The van der Waals surface area contributed by atoms with Gasteiger partial charge in [0.25, 0.3) is 0 Å². The number of benzene rings is 1. The predicted octanol–water partition coefficient (Wildman–Crippen LogP) is 4.39. The lowest BCUT2D eigenvalue weighted by Crippen LogP contribution is -2.34. The number of hydrogen-bond donors (Lipinski definition) is 2. The molecule has 1 atom stereocenters. The van der Waals surface area contributed by atoms with Crippen molar-refractivity contribution < 1.29 is 31.4 Å². The molecule has 1 aromatic carbocycles. The molecule has 27 heavy (non-hydrogen) atoms. The standard InChI is InChI=1S/C16H11ClF6N2O2/c1-6-12-9(3-2-8-13(12)7(17)4-11(27)24-8)25(14(6)16(21,22)23)5-10(26)15(18,19)20/h2-4,10,26H,5H2,1H3,(H,24,27). The zero-order chi connectivity index (χ0) is 20.3. The minimum atomic E-state index is -5.09. The second-order valence-corrected chi connectivity index (χ2v) is 6.41. The highest BCUT2D eigenvalue weighted by atomic mass is 35.5. The molecule has 11 heteroatoms. The summed E-state index contributed by atoms with van der Waals surface area (Å²) in [6, 6.07) is 3.37. The van der Waals surface area contributed by atoms with Crippen LogP contribution < -0.4 is 5.56 Å². The van der Waals surface area contributed by atoms with E-state index in [1.807, 2.05) is 0 Å². The van der Waals surface area contributed by atoms with Crippen molar-refractivity contribution in [1.29, 1.82) is 0 Å². The molecule has 0 saturated carbocycles. The third kappa shape index (κ3) is 3.27. The van der Waals surface area contributed by atoms with E-state index in [1.54, 1.807) is 0 Å². The SMILES string of the molecule is Cc1c(C(F)(F)F)n(CC(O)C(F)(F)F)c2ccc3[nH]c(=O)cc(Cl)c3c12. The molecule has 0 aliphatic rings. The van der Waals surface area contributed by atoms with Crippen molar-refractivity contribution in [2.75, 3.05) is 0 Å². The topological polar surface area (TPSA) is 58.0 Å². The number of aliphatic hydroxyl groups excluding tert-OH is 1. The van der Waals surface area contributed by atoms with Crippen molar-refractivity contribution in [3.63, 3.8) is 0 Å². The zero-order valence-corrected chi connectivity index (χ0v) is 14.2. The van der Waals surface area contributed by atoms with E-state index < -0.39 is 36.3 Å². The van der Waals surface area contributed by atoms with Gasteiger partial charge in [-0.15, -0.1) is 0 Å². The van der Waals surface area contributed by atoms with Crippen LogP contribution in [0.4, 0.5) is 26.3 Å². The van der Waals surface area contributed by atoms with Gasteiger partial charge in [-0.05, 0) is 24.6 Å². The maximum absolute atomic E-state index is 13.6. The van der Waals surface area contributed by atoms with E-state index in [-0.39, 0.29) is 32.4 Å². The lowest BCUT2D eigenvalue weighted by atomic mass is 10.1. The minimum Gasteiger partial charge on any atom is -0.382 e. The number of halogens is 7. The first-order valence-corrected chi connectivity index (χ1v) is 7.86. The average molecular weight is 413 g/mol. The number of nitrogens with one attached hydrogen (secondary N) is 1. The Morgan fingerprint density at radius 3 is 2.37 bits per heavy atom. The van der Waals surface area contributed by atoms with Gasteiger partial charge >= 0.3 is 12.4 Å². The summed E-state index contributed by atoms with van der Waals surface area (Å²) in [6.45, 7) is -0.238. The number of pyridine rings is 1. The number of aromatic nitrogens is 2. The quantitative estimate of drug-likeness (QED) is 0.613. The second kappa shape index (κ2) is 6.16. The van der Waals surface area contributed by atoms with Crippen molar-refractivity contribution >= 4 is 33.4 Å². The fourth-order valence-corrected chi connectivity index (χ4v) is 3.47. The average Bonchev–Trinajstić information content (AvgIpc) is 2.78. The van der Waals surface area contributed by atoms with Gasteiger partial charge < -0.3 is 14.7 Å². The molecule has 3 aromatic rings.